The fourth-order valence-corrected chi connectivity index (χ4v) is 2.37. The van der Waals surface area contributed by atoms with Crippen LogP contribution in [0.25, 0.3) is 0 Å². The Morgan fingerprint density at radius 2 is 2.19 bits per heavy atom. The van der Waals surface area contributed by atoms with Crippen LogP contribution in [-0.4, -0.2) is 25.1 Å². The van der Waals surface area contributed by atoms with E-state index >= 15 is 0 Å². The van der Waals surface area contributed by atoms with Gasteiger partial charge in [0.2, 0.25) is 5.91 Å². The minimum atomic E-state index is -0.745. The Bertz CT molecular complexity index is 549. The number of methoxy groups -OCH3 is 1. The molecule has 0 aromatic heterocycles. The molecule has 1 aliphatic rings. The molecule has 1 fully saturated rings. The minimum Gasteiger partial charge on any atom is -0.380 e. The molecule has 1 saturated carbocycles. The first-order chi connectivity index (χ1) is 10.1. The first-order valence-electron chi connectivity index (χ1n) is 7.12. The van der Waals surface area contributed by atoms with Gasteiger partial charge in [-0.05, 0) is 31.7 Å². The van der Waals surface area contributed by atoms with E-state index in [1.807, 2.05) is 24.3 Å². The summed E-state index contributed by atoms with van der Waals surface area (Å²) < 4.78 is 5.13. The molecule has 5 heteroatoms. The molecule has 1 atom stereocenters. The third-order valence-corrected chi connectivity index (χ3v) is 3.78. The Morgan fingerprint density at radius 3 is 2.81 bits per heavy atom. The molecule has 0 saturated heterocycles. The Morgan fingerprint density at radius 1 is 1.48 bits per heavy atom. The summed E-state index contributed by atoms with van der Waals surface area (Å²) in [4.78, 5) is 12.0. The highest BCUT2D eigenvalue weighted by Crippen LogP contribution is 2.39. The number of nitrogens with zero attached hydrogens (tertiary/aromatic N) is 1. The fourth-order valence-electron chi connectivity index (χ4n) is 2.37. The van der Waals surface area contributed by atoms with E-state index < -0.39 is 5.54 Å². The summed E-state index contributed by atoms with van der Waals surface area (Å²) in [5.74, 6) is 0.116. The van der Waals surface area contributed by atoms with Crippen molar-refractivity contribution in [3.63, 3.8) is 0 Å². The number of amides is 1. The van der Waals surface area contributed by atoms with E-state index in [9.17, 15) is 10.1 Å². The maximum absolute atomic E-state index is 12.0. The average molecular weight is 287 g/mol. The van der Waals surface area contributed by atoms with E-state index in [0.717, 1.165) is 24.1 Å². The van der Waals surface area contributed by atoms with Crippen LogP contribution >= 0.6 is 0 Å². The largest absolute Gasteiger partial charge is 0.380 e. The molecular formula is C16H21N3O2. The van der Waals surface area contributed by atoms with E-state index in [-0.39, 0.29) is 18.4 Å². The third-order valence-electron chi connectivity index (χ3n) is 3.78. The molecule has 0 unspecified atom stereocenters. The first-order valence-corrected chi connectivity index (χ1v) is 7.12. The van der Waals surface area contributed by atoms with Crippen LogP contribution < -0.4 is 10.6 Å². The maximum Gasteiger partial charge on any atom is 0.240 e. The Balaban J connectivity index is 1.91. The van der Waals surface area contributed by atoms with E-state index in [1.165, 1.54) is 0 Å². The number of nitrogens with one attached hydrogen (secondary N) is 2. The number of hydrogen-bond donors (Lipinski definition) is 2. The Labute approximate surface area is 125 Å². The lowest BCUT2D eigenvalue weighted by Gasteiger charge is -2.23. The zero-order chi connectivity index (χ0) is 15.3. The van der Waals surface area contributed by atoms with Crippen molar-refractivity contribution in [2.75, 3.05) is 19.0 Å². The Kier molecular flexibility index (Phi) is 4.81. The highest BCUT2D eigenvalue weighted by atomic mass is 16.5. The van der Waals surface area contributed by atoms with Gasteiger partial charge in [-0.2, -0.15) is 5.26 Å². The second kappa shape index (κ2) is 6.59. The van der Waals surface area contributed by atoms with Crippen LogP contribution in [0.15, 0.2) is 24.3 Å². The summed E-state index contributed by atoms with van der Waals surface area (Å²) in [7, 11) is 1.64. The second-order valence-corrected chi connectivity index (χ2v) is 5.58. The molecule has 2 rings (SSSR count). The molecule has 0 radical (unpaired) electrons. The lowest BCUT2D eigenvalue weighted by molar-refractivity contribution is -0.120. The van der Waals surface area contributed by atoms with Crippen molar-refractivity contribution in [2.24, 2.45) is 5.92 Å². The molecule has 112 valence electrons. The Hall–Kier alpha value is -2.06. The minimum absolute atomic E-state index is 0.144. The number of nitriles is 1. The van der Waals surface area contributed by atoms with Crippen LogP contribution in [0, 0.1) is 17.2 Å². The van der Waals surface area contributed by atoms with E-state index in [1.54, 1.807) is 14.0 Å². The number of ether oxygens (including phenoxy) is 1. The summed E-state index contributed by atoms with van der Waals surface area (Å²) in [6, 6.07) is 9.92. The number of carbonyl (C=O) groups is 1. The van der Waals surface area contributed by atoms with Gasteiger partial charge in [-0.15, -0.1) is 0 Å². The quantitative estimate of drug-likeness (QED) is 0.805. The summed E-state index contributed by atoms with van der Waals surface area (Å²) in [5, 5.41) is 15.2. The van der Waals surface area contributed by atoms with Crippen molar-refractivity contribution in [3.05, 3.63) is 29.8 Å². The van der Waals surface area contributed by atoms with Gasteiger partial charge in [0, 0.05) is 18.4 Å². The van der Waals surface area contributed by atoms with Crippen LogP contribution in [-0.2, 0) is 16.1 Å². The number of anilines is 1. The van der Waals surface area contributed by atoms with Crippen LogP contribution in [0.2, 0.25) is 0 Å². The number of carbonyl (C=O) groups excluding carboxylic acids is 1. The molecule has 1 aromatic carbocycles. The fraction of sp³-hybridized carbons (Fsp3) is 0.500. The molecule has 2 N–H and O–H groups in total. The summed E-state index contributed by atoms with van der Waals surface area (Å²) in [5.41, 5.74) is 1.13. The highest BCUT2D eigenvalue weighted by molar-refractivity contribution is 5.82. The summed E-state index contributed by atoms with van der Waals surface area (Å²) >= 11 is 0. The topological polar surface area (TPSA) is 74.2 Å². The van der Waals surface area contributed by atoms with Gasteiger partial charge in [0.05, 0.1) is 19.2 Å². The van der Waals surface area contributed by atoms with Crippen molar-refractivity contribution in [3.8, 4) is 6.07 Å². The average Bonchev–Trinajstić information content (AvgIpc) is 3.31. The predicted octanol–water partition coefficient (Wildman–Crippen LogP) is 2.05. The normalized spacial score (nSPS) is 16.6. The third kappa shape index (κ3) is 3.96. The molecule has 1 aromatic rings. The van der Waals surface area contributed by atoms with Gasteiger partial charge in [0.15, 0.2) is 0 Å². The van der Waals surface area contributed by atoms with Crippen molar-refractivity contribution in [1.29, 1.82) is 5.26 Å². The smallest absolute Gasteiger partial charge is 0.240 e. The van der Waals surface area contributed by atoms with Gasteiger partial charge >= 0.3 is 0 Å². The van der Waals surface area contributed by atoms with Crippen LogP contribution in [0.3, 0.4) is 0 Å². The molecule has 1 aliphatic carbocycles. The summed E-state index contributed by atoms with van der Waals surface area (Å²) in [6.45, 7) is 2.43. The highest BCUT2D eigenvalue weighted by Gasteiger charge is 2.42. The van der Waals surface area contributed by atoms with Gasteiger partial charge in [-0.1, -0.05) is 18.2 Å². The molecule has 1 amide bonds. The maximum atomic E-state index is 12.0. The van der Waals surface area contributed by atoms with E-state index in [0.29, 0.717) is 6.61 Å². The molecule has 5 nitrogen and oxygen atoms in total. The van der Waals surface area contributed by atoms with Crippen molar-refractivity contribution >= 4 is 11.6 Å². The monoisotopic (exact) mass is 287 g/mol. The molecular weight excluding hydrogens is 266 g/mol. The number of rotatable bonds is 7. The number of benzene rings is 1. The molecule has 0 spiro atoms. The van der Waals surface area contributed by atoms with Crippen LogP contribution in [0.4, 0.5) is 5.69 Å². The van der Waals surface area contributed by atoms with Crippen molar-refractivity contribution in [1.82, 2.24) is 5.32 Å². The molecule has 21 heavy (non-hydrogen) atoms. The molecule has 0 heterocycles. The SMILES string of the molecule is COCc1ccccc1NCC(=O)N[C@@](C)(C#N)C1CC1. The van der Waals surface area contributed by atoms with Gasteiger partial charge < -0.3 is 15.4 Å². The van der Waals surface area contributed by atoms with Gasteiger partial charge in [0.25, 0.3) is 0 Å². The number of para-hydroxylation sites is 1. The lowest BCUT2D eigenvalue weighted by atomic mass is 9.98. The zero-order valence-corrected chi connectivity index (χ0v) is 12.5. The second-order valence-electron chi connectivity index (χ2n) is 5.58. The van der Waals surface area contributed by atoms with Gasteiger partial charge in [-0.3, -0.25) is 4.79 Å². The summed E-state index contributed by atoms with van der Waals surface area (Å²) in [6.07, 6.45) is 2.02. The van der Waals surface area contributed by atoms with Crippen molar-refractivity contribution < 1.29 is 9.53 Å². The van der Waals surface area contributed by atoms with E-state index in [2.05, 4.69) is 16.7 Å². The van der Waals surface area contributed by atoms with Crippen molar-refractivity contribution in [2.45, 2.75) is 31.9 Å². The lowest BCUT2D eigenvalue weighted by Crippen LogP contribution is -2.48. The standard InChI is InChI=1S/C16H21N3O2/c1-16(11-17,13-7-8-13)19-15(20)9-18-14-6-4-3-5-12(14)10-21-2/h3-6,13,18H,7-10H2,1-2H3,(H,19,20)/t16-/m0/s1. The van der Waals surface area contributed by atoms with E-state index in [4.69, 9.17) is 4.74 Å². The van der Waals surface area contributed by atoms with Gasteiger partial charge in [-0.25, -0.2) is 0 Å². The van der Waals surface area contributed by atoms with Crippen LogP contribution in [0.1, 0.15) is 25.3 Å². The first kappa shape index (κ1) is 15.3. The molecule has 0 aliphatic heterocycles. The van der Waals surface area contributed by atoms with Gasteiger partial charge in [0.1, 0.15) is 5.54 Å². The number of hydrogen-bond acceptors (Lipinski definition) is 4. The van der Waals surface area contributed by atoms with Crippen LogP contribution in [0.5, 0.6) is 0 Å². The zero-order valence-electron chi connectivity index (χ0n) is 12.5. The predicted molar refractivity (Wildman–Crippen MR) is 80.5 cm³/mol. The molecule has 0 bridgehead atoms.